The number of nitrogens with one attached hydrogen (secondary N) is 1. The van der Waals surface area contributed by atoms with E-state index in [4.69, 9.17) is 10.5 Å². The highest BCUT2D eigenvalue weighted by Gasteiger charge is 2.13. The fraction of sp³-hybridized carbons (Fsp3) is 0.350. The Morgan fingerprint density at radius 1 is 1.15 bits per heavy atom. The minimum Gasteiger partial charge on any atom is -0.486 e. The molecule has 0 aliphatic carbocycles. The number of nitrogens with two attached hydrogens (primary N) is 1. The number of urea groups is 1. The highest BCUT2D eigenvalue weighted by atomic mass is 16.5. The number of para-hydroxylation sites is 1. The zero-order chi connectivity index (χ0) is 18.9. The zero-order valence-corrected chi connectivity index (χ0v) is 15.3. The van der Waals surface area contributed by atoms with Crippen molar-refractivity contribution < 1.29 is 14.7 Å². The van der Waals surface area contributed by atoms with Crippen molar-refractivity contribution in [2.24, 2.45) is 5.73 Å². The first kappa shape index (κ1) is 19.8. The molecule has 2 unspecified atom stereocenters. The van der Waals surface area contributed by atoms with Crippen LogP contribution in [0.5, 0.6) is 5.75 Å². The normalized spacial score (nSPS) is 13.0. The lowest BCUT2D eigenvalue weighted by molar-refractivity contribution is -0.0382. The van der Waals surface area contributed by atoms with E-state index in [2.05, 4.69) is 17.4 Å². The van der Waals surface area contributed by atoms with Crippen LogP contribution in [0.1, 0.15) is 31.1 Å². The van der Waals surface area contributed by atoms with Crippen LogP contribution in [0, 0.1) is 0 Å². The summed E-state index contributed by atoms with van der Waals surface area (Å²) in [4.78, 5) is 10.8. The van der Waals surface area contributed by atoms with Gasteiger partial charge in [0.2, 0.25) is 0 Å². The van der Waals surface area contributed by atoms with Crippen LogP contribution in [-0.2, 0) is 6.42 Å². The second kappa shape index (κ2) is 9.79. The molecule has 2 aromatic carbocycles. The van der Waals surface area contributed by atoms with Crippen LogP contribution in [0.4, 0.5) is 4.79 Å². The summed E-state index contributed by atoms with van der Waals surface area (Å²) in [6.45, 7) is 4.67. The second-order valence-corrected chi connectivity index (χ2v) is 6.30. The Kier molecular flexibility index (Phi) is 7.44. The van der Waals surface area contributed by atoms with Crippen molar-refractivity contribution >= 4 is 6.03 Å². The van der Waals surface area contributed by atoms with E-state index in [1.54, 1.807) is 0 Å². The van der Waals surface area contributed by atoms with Gasteiger partial charge in [-0.2, -0.15) is 0 Å². The number of nitrogens with zero attached hydrogens (tertiary/aromatic N) is 1. The fourth-order valence-electron chi connectivity index (χ4n) is 2.70. The van der Waals surface area contributed by atoms with E-state index in [1.807, 2.05) is 56.3 Å². The third kappa shape index (κ3) is 6.06. The maximum absolute atomic E-state index is 10.8. The standard InChI is InChI=1S/C20H27N3O3/c1-15(22-12-13-23(25)20(21)24)14-18-10-6-7-11-19(18)26-16(2)17-8-4-3-5-9-17/h3-11,15-16,22,25H,12-14H2,1-2H3,(H2,21,24). The lowest BCUT2D eigenvalue weighted by atomic mass is 10.1. The van der Waals surface area contributed by atoms with Gasteiger partial charge in [-0.3, -0.25) is 5.21 Å². The predicted octanol–water partition coefficient (Wildman–Crippen LogP) is 3.12. The largest absolute Gasteiger partial charge is 0.486 e. The molecule has 26 heavy (non-hydrogen) atoms. The molecule has 2 aromatic rings. The molecule has 0 saturated heterocycles. The Labute approximate surface area is 154 Å². The van der Waals surface area contributed by atoms with Crippen LogP contribution in [0.25, 0.3) is 0 Å². The molecule has 0 spiro atoms. The number of carbonyl (C=O) groups is 1. The second-order valence-electron chi connectivity index (χ2n) is 6.30. The van der Waals surface area contributed by atoms with Crippen LogP contribution < -0.4 is 15.8 Å². The molecule has 2 amide bonds. The lowest BCUT2D eigenvalue weighted by Gasteiger charge is -2.20. The summed E-state index contributed by atoms with van der Waals surface area (Å²) < 4.78 is 6.17. The molecular weight excluding hydrogens is 330 g/mol. The average molecular weight is 357 g/mol. The molecule has 0 radical (unpaired) electrons. The molecule has 0 bridgehead atoms. The summed E-state index contributed by atoms with van der Waals surface area (Å²) in [5.41, 5.74) is 7.21. The average Bonchev–Trinajstić information content (AvgIpc) is 2.63. The summed E-state index contributed by atoms with van der Waals surface area (Å²) >= 11 is 0. The number of carbonyl (C=O) groups excluding carboxylic acids is 1. The fourth-order valence-corrected chi connectivity index (χ4v) is 2.70. The summed E-state index contributed by atoms with van der Waals surface area (Å²) in [6.07, 6.45) is 0.721. The van der Waals surface area contributed by atoms with Crippen molar-refractivity contribution in [1.82, 2.24) is 10.4 Å². The molecule has 0 heterocycles. The molecule has 2 rings (SSSR count). The molecule has 0 saturated carbocycles. The summed E-state index contributed by atoms with van der Waals surface area (Å²) in [7, 11) is 0. The number of primary amides is 1. The molecule has 0 fully saturated rings. The number of amides is 2. The van der Waals surface area contributed by atoms with Crippen molar-refractivity contribution in [3.05, 3.63) is 65.7 Å². The van der Waals surface area contributed by atoms with Gasteiger partial charge >= 0.3 is 6.03 Å². The summed E-state index contributed by atoms with van der Waals surface area (Å²) in [5.74, 6) is 0.860. The van der Waals surface area contributed by atoms with E-state index in [9.17, 15) is 10.0 Å². The van der Waals surface area contributed by atoms with E-state index in [1.165, 1.54) is 0 Å². The maximum Gasteiger partial charge on any atom is 0.338 e. The van der Waals surface area contributed by atoms with Crippen molar-refractivity contribution in [2.45, 2.75) is 32.4 Å². The number of hydroxylamine groups is 2. The van der Waals surface area contributed by atoms with E-state index in [0.717, 1.165) is 23.3 Å². The summed E-state index contributed by atoms with van der Waals surface area (Å²) in [6, 6.07) is 17.4. The minimum absolute atomic E-state index is 0.0425. The van der Waals surface area contributed by atoms with E-state index in [-0.39, 0.29) is 18.7 Å². The lowest BCUT2D eigenvalue weighted by Crippen LogP contribution is -2.40. The molecule has 2 atom stereocenters. The Morgan fingerprint density at radius 2 is 1.81 bits per heavy atom. The van der Waals surface area contributed by atoms with Gasteiger partial charge < -0.3 is 15.8 Å². The number of ether oxygens (including phenoxy) is 1. The molecule has 6 heteroatoms. The number of rotatable bonds is 9. The summed E-state index contributed by atoms with van der Waals surface area (Å²) in [5, 5.41) is 13.0. The van der Waals surface area contributed by atoms with Crippen LogP contribution in [0.15, 0.2) is 54.6 Å². The van der Waals surface area contributed by atoms with E-state index in [0.29, 0.717) is 11.6 Å². The first-order valence-corrected chi connectivity index (χ1v) is 8.76. The van der Waals surface area contributed by atoms with Crippen molar-refractivity contribution in [3.63, 3.8) is 0 Å². The number of benzene rings is 2. The molecule has 0 aliphatic rings. The Morgan fingerprint density at radius 3 is 2.50 bits per heavy atom. The van der Waals surface area contributed by atoms with Gasteiger partial charge in [0.25, 0.3) is 0 Å². The maximum atomic E-state index is 10.8. The quantitative estimate of drug-likeness (QED) is 0.475. The molecule has 0 aromatic heterocycles. The smallest absolute Gasteiger partial charge is 0.338 e. The highest BCUT2D eigenvalue weighted by molar-refractivity contribution is 5.70. The molecule has 4 N–H and O–H groups in total. The van der Waals surface area contributed by atoms with Crippen molar-refractivity contribution in [2.75, 3.05) is 13.1 Å². The van der Waals surface area contributed by atoms with Crippen molar-refractivity contribution in [3.8, 4) is 5.75 Å². The van der Waals surface area contributed by atoms with Crippen LogP contribution in [0.3, 0.4) is 0 Å². The molecule has 0 aliphatic heterocycles. The predicted molar refractivity (Wildman–Crippen MR) is 101 cm³/mol. The Hall–Kier alpha value is -2.57. The van der Waals surface area contributed by atoms with Crippen LogP contribution in [0.2, 0.25) is 0 Å². The number of hydrogen-bond donors (Lipinski definition) is 3. The highest BCUT2D eigenvalue weighted by Crippen LogP contribution is 2.26. The van der Waals surface area contributed by atoms with Gasteiger partial charge in [-0.05, 0) is 37.5 Å². The molecular formula is C20H27N3O3. The van der Waals surface area contributed by atoms with Gasteiger partial charge in [0, 0.05) is 12.6 Å². The van der Waals surface area contributed by atoms with Gasteiger partial charge in [-0.25, -0.2) is 9.86 Å². The SMILES string of the molecule is CC(Cc1ccccc1OC(C)c1ccccc1)NCCN(O)C(N)=O. The third-order valence-corrected chi connectivity index (χ3v) is 4.14. The van der Waals surface area contributed by atoms with Gasteiger partial charge in [0.1, 0.15) is 11.9 Å². The molecule has 6 nitrogen and oxygen atoms in total. The van der Waals surface area contributed by atoms with E-state index < -0.39 is 6.03 Å². The van der Waals surface area contributed by atoms with Crippen LogP contribution in [-0.4, -0.2) is 35.4 Å². The minimum atomic E-state index is -0.854. The van der Waals surface area contributed by atoms with Gasteiger partial charge in [-0.1, -0.05) is 48.5 Å². The van der Waals surface area contributed by atoms with Gasteiger partial charge in [0.05, 0.1) is 6.54 Å². The van der Waals surface area contributed by atoms with E-state index >= 15 is 0 Å². The Balaban J connectivity index is 1.92. The van der Waals surface area contributed by atoms with Gasteiger partial charge in [0.15, 0.2) is 0 Å². The third-order valence-electron chi connectivity index (χ3n) is 4.14. The van der Waals surface area contributed by atoms with Gasteiger partial charge in [-0.15, -0.1) is 0 Å². The first-order chi connectivity index (χ1) is 12.5. The zero-order valence-electron chi connectivity index (χ0n) is 15.3. The monoisotopic (exact) mass is 357 g/mol. The number of hydrogen-bond acceptors (Lipinski definition) is 4. The molecule has 140 valence electrons. The first-order valence-electron chi connectivity index (χ1n) is 8.76. The van der Waals surface area contributed by atoms with Crippen molar-refractivity contribution in [1.29, 1.82) is 0 Å². The Bertz CT molecular complexity index is 694. The topological polar surface area (TPSA) is 87.8 Å². The van der Waals surface area contributed by atoms with Crippen LogP contribution >= 0.6 is 0 Å².